The number of Topliss-reactive ketones (excluding diaryl/α,β-unsaturated/α-hetero) is 1. The first kappa shape index (κ1) is 17.1. The molecule has 1 amide bonds. The van der Waals surface area contributed by atoms with Gasteiger partial charge in [-0.15, -0.1) is 11.3 Å². The molecule has 0 fully saturated rings. The van der Waals surface area contributed by atoms with Crippen molar-refractivity contribution in [2.45, 2.75) is 6.54 Å². The van der Waals surface area contributed by atoms with Crippen molar-refractivity contribution in [2.24, 2.45) is 0 Å². The SMILES string of the molecule is CN(Cc1nc2ccccc2s1)CN1C(=O)C(=O)c2c(Cl)ccc(F)c21. The van der Waals surface area contributed by atoms with Gasteiger partial charge in [-0.3, -0.25) is 19.4 Å². The third kappa shape index (κ3) is 2.78. The van der Waals surface area contributed by atoms with E-state index in [9.17, 15) is 14.0 Å². The van der Waals surface area contributed by atoms with Crippen LogP contribution in [0, 0.1) is 5.82 Å². The minimum Gasteiger partial charge on any atom is -0.288 e. The van der Waals surface area contributed by atoms with Crippen LogP contribution < -0.4 is 4.90 Å². The topological polar surface area (TPSA) is 53.5 Å². The van der Waals surface area contributed by atoms with Crippen molar-refractivity contribution >= 4 is 50.5 Å². The zero-order valence-electron chi connectivity index (χ0n) is 13.7. The van der Waals surface area contributed by atoms with Crippen molar-refractivity contribution in [3.05, 3.63) is 57.8 Å². The lowest BCUT2D eigenvalue weighted by Crippen LogP contribution is -2.39. The van der Waals surface area contributed by atoms with Gasteiger partial charge in [-0.05, 0) is 31.3 Å². The number of fused-ring (bicyclic) bond motifs is 2. The number of thiazole rings is 1. The van der Waals surface area contributed by atoms with Gasteiger partial charge < -0.3 is 0 Å². The number of rotatable bonds is 4. The molecule has 3 aromatic rings. The lowest BCUT2D eigenvalue weighted by atomic mass is 10.1. The van der Waals surface area contributed by atoms with Crippen LogP contribution in [0.5, 0.6) is 0 Å². The van der Waals surface area contributed by atoms with Gasteiger partial charge in [0.15, 0.2) is 0 Å². The number of halogens is 2. The molecule has 4 rings (SSSR count). The quantitative estimate of drug-likeness (QED) is 0.638. The molecule has 0 spiro atoms. The van der Waals surface area contributed by atoms with E-state index in [0.717, 1.165) is 26.2 Å². The predicted molar refractivity (Wildman–Crippen MR) is 99.2 cm³/mol. The third-order valence-electron chi connectivity index (χ3n) is 4.14. The molecule has 0 bridgehead atoms. The van der Waals surface area contributed by atoms with E-state index >= 15 is 0 Å². The second-order valence-electron chi connectivity index (χ2n) is 6.05. The summed E-state index contributed by atoms with van der Waals surface area (Å²) in [5.41, 5.74) is 0.796. The molecule has 0 atom stereocenters. The van der Waals surface area contributed by atoms with Gasteiger partial charge in [-0.25, -0.2) is 9.37 Å². The molecule has 2 heterocycles. The second kappa shape index (κ2) is 6.42. The first-order chi connectivity index (χ1) is 12.5. The Hall–Kier alpha value is -2.35. The lowest BCUT2D eigenvalue weighted by Gasteiger charge is -2.23. The number of carbonyl (C=O) groups excluding carboxylic acids is 2. The highest BCUT2D eigenvalue weighted by Crippen LogP contribution is 2.36. The Morgan fingerprint density at radius 1 is 1.23 bits per heavy atom. The Bertz CT molecular complexity index is 1020. The Morgan fingerprint density at radius 3 is 2.77 bits per heavy atom. The Balaban J connectivity index is 1.58. The Kier molecular flexibility index (Phi) is 4.22. The van der Waals surface area contributed by atoms with Gasteiger partial charge in [-0.1, -0.05) is 23.7 Å². The molecular formula is C18H13ClFN3O2S. The van der Waals surface area contributed by atoms with Gasteiger partial charge in [0.1, 0.15) is 10.8 Å². The maximum atomic E-state index is 14.3. The molecule has 5 nitrogen and oxygen atoms in total. The van der Waals surface area contributed by atoms with Gasteiger partial charge in [-0.2, -0.15) is 0 Å². The molecule has 2 aromatic carbocycles. The van der Waals surface area contributed by atoms with E-state index in [2.05, 4.69) is 4.98 Å². The minimum atomic E-state index is -0.780. The minimum absolute atomic E-state index is 0.0522. The molecular weight excluding hydrogens is 377 g/mol. The summed E-state index contributed by atoms with van der Waals surface area (Å²) in [5.74, 6) is -2.20. The fourth-order valence-electron chi connectivity index (χ4n) is 3.00. The van der Waals surface area contributed by atoms with E-state index in [0.29, 0.717) is 6.54 Å². The van der Waals surface area contributed by atoms with Gasteiger partial charge in [0, 0.05) is 0 Å². The molecule has 0 unspecified atom stereocenters. The molecule has 132 valence electrons. The number of ketones is 1. The fourth-order valence-corrected chi connectivity index (χ4v) is 4.28. The molecule has 0 saturated heterocycles. The number of para-hydroxylation sites is 1. The van der Waals surface area contributed by atoms with Crippen molar-refractivity contribution in [1.29, 1.82) is 0 Å². The first-order valence-electron chi connectivity index (χ1n) is 7.83. The molecule has 1 aromatic heterocycles. The van der Waals surface area contributed by atoms with E-state index in [1.54, 1.807) is 23.3 Å². The summed E-state index contributed by atoms with van der Waals surface area (Å²) in [4.78, 5) is 32.0. The van der Waals surface area contributed by atoms with Crippen molar-refractivity contribution in [1.82, 2.24) is 9.88 Å². The highest BCUT2D eigenvalue weighted by Gasteiger charge is 2.40. The summed E-state index contributed by atoms with van der Waals surface area (Å²) in [6, 6.07) is 10.3. The highest BCUT2D eigenvalue weighted by atomic mass is 35.5. The number of hydrogen-bond donors (Lipinski definition) is 0. The first-order valence-corrected chi connectivity index (χ1v) is 9.02. The zero-order chi connectivity index (χ0) is 18.4. The average molecular weight is 390 g/mol. The lowest BCUT2D eigenvalue weighted by molar-refractivity contribution is -0.114. The number of benzene rings is 2. The molecule has 0 N–H and O–H groups in total. The van der Waals surface area contributed by atoms with Crippen molar-refractivity contribution in [3.63, 3.8) is 0 Å². The van der Waals surface area contributed by atoms with Crippen LogP contribution in [0.25, 0.3) is 10.2 Å². The van der Waals surface area contributed by atoms with Crippen LogP contribution in [0.2, 0.25) is 5.02 Å². The predicted octanol–water partition coefficient (Wildman–Crippen LogP) is 3.71. The van der Waals surface area contributed by atoms with Crippen LogP contribution in [0.15, 0.2) is 36.4 Å². The molecule has 26 heavy (non-hydrogen) atoms. The van der Waals surface area contributed by atoms with Crippen molar-refractivity contribution in [2.75, 3.05) is 18.6 Å². The molecule has 1 aliphatic heterocycles. The zero-order valence-corrected chi connectivity index (χ0v) is 15.3. The maximum absolute atomic E-state index is 14.3. The Morgan fingerprint density at radius 2 is 2.00 bits per heavy atom. The highest BCUT2D eigenvalue weighted by molar-refractivity contribution is 7.18. The summed E-state index contributed by atoms with van der Waals surface area (Å²) >= 11 is 7.55. The van der Waals surface area contributed by atoms with Crippen LogP contribution in [-0.2, 0) is 11.3 Å². The third-order valence-corrected chi connectivity index (χ3v) is 5.48. The second-order valence-corrected chi connectivity index (χ2v) is 7.57. The number of nitrogens with zero attached hydrogens (tertiary/aromatic N) is 3. The average Bonchev–Trinajstić information content (AvgIpc) is 3.12. The molecule has 0 radical (unpaired) electrons. The largest absolute Gasteiger partial charge is 0.300 e. The molecule has 0 saturated carbocycles. The van der Waals surface area contributed by atoms with E-state index in [-0.39, 0.29) is 22.9 Å². The number of carbonyl (C=O) groups is 2. The molecule has 0 aliphatic carbocycles. The monoisotopic (exact) mass is 389 g/mol. The summed E-state index contributed by atoms with van der Waals surface area (Å²) in [6.45, 7) is 0.527. The Labute approximate surface area is 157 Å². The van der Waals surface area contributed by atoms with Crippen LogP contribution in [0.1, 0.15) is 15.4 Å². The summed E-state index contributed by atoms with van der Waals surface area (Å²) in [6.07, 6.45) is 0. The number of amides is 1. The number of aromatic nitrogens is 1. The van der Waals surface area contributed by atoms with Crippen LogP contribution in [0.3, 0.4) is 0 Å². The summed E-state index contributed by atoms with van der Waals surface area (Å²) in [7, 11) is 1.78. The number of hydrogen-bond acceptors (Lipinski definition) is 5. The summed E-state index contributed by atoms with van der Waals surface area (Å²) < 4.78 is 15.3. The van der Waals surface area contributed by atoms with Crippen LogP contribution >= 0.6 is 22.9 Å². The maximum Gasteiger partial charge on any atom is 0.300 e. The van der Waals surface area contributed by atoms with Crippen molar-refractivity contribution < 1.29 is 14.0 Å². The van der Waals surface area contributed by atoms with Gasteiger partial charge in [0.05, 0.1) is 39.7 Å². The van der Waals surface area contributed by atoms with Crippen LogP contribution in [0.4, 0.5) is 10.1 Å². The van der Waals surface area contributed by atoms with E-state index < -0.39 is 17.5 Å². The van der Waals surface area contributed by atoms with Crippen LogP contribution in [-0.4, -0.2) is 35.3 Å². The number of anilines is 1. The van der Waals surface area contributed by atoms with E-state index in [4.69, 9.17) is 11.6 Å². The summed E-state index contributed by atoms with van der Waals surface area (Å²) in [5, 5.41) is 0.953. The molecule has 1 aliphatic rings. The fraction of sp³-hybridized carbons (Fsp3) is 0.167. The standard InChI is InChI=1S/C18H13ClFN3O2S/c1-22(8-14-21-12-4-2-3-5-13(12)26-14)9-23-16-11(20)7-6-10(19)15(16)17(24)18(23)25/h2-7H,8-9H2,1H3. The molecule has 8 heteroatoms. The smallest absolute Gasteiger partial charge is 0.288 e. The van der Waals surface area contributed by atoms with Gasteiger partial charge >= 0.3 is 5.91 Å². The van der Waals surface area contributed by atoms with E-state index in [1.165, 1.54) is 6.07 Å². The van der Waals surface area contributed by atoms with Crippen molar-refractivity contribution in [3.8, 4) is 0 Å². The van der Waals surface area contributed by atoms with Gasteiger partial charge in [0.2, 0.25) is 0 Å². The van der Waals surface area contributed by atoms with Gasteiger partial charge in [0.25, 0.3) is 5.78 Å². The van der Waals surface area contributed by atoms with E-state index in [1.807, 2.05) is 24.3 Å². The normalized spacial score (nSPS) is 13.9.